The van der Waals surface area contributed by atoms with Crippen molar-refractivity contribution < 1.29 is 15.0 Å². The number of carbonyl (C=O) groups excluding carboxylic acids is 1. The largest absolute Gasteiger partial charge is 0.394 e. The van der Waals surface area contributed by atoms with E-state index in [-0.39, 0.29) is 18.8 Å². The number of hydrogen-bond acceptors (Lipinski definition) is 3. The Morgan fingerprint density at radius 1 is 1.19 bits per heavy atom. The first kappa shape index (κ1) is 13.3. The molecule has 0 saturated heterocycles. The molecule has 0 unspecified atom stereocenters. The second-order valence-electron chi connectivity index (χ2n) is 3.19. The first-order chi connectivity index (χ1) is 7.56. The van der Waals surface area contributed by atoms with E-state index in [0.29, 0.717) is 10.0 Å². The number of amides is 1. The summed E-state index contributed by atoms with van der Waals surface area (Å²) >= 11 is 11.5. The number of nitrogens with one attached hydrogen (secondary N) is 1. The van der Waals surface area contributed by atoms with Crippen molar-refractivity contribution >= 4 is 29.1 Å². The number of carbonyl (C=O) groups is 1. The Morgan fingerprint density at radius 2 is 1.69 bits per heavy atom. The normalized spacial score (nSPS) is 10.6. The molecule has 0 fully saturated rings. The van der Waals surface area contributed by atoms with E-state index in [9.17, 15) is 4.79 Å². The van der Waals surface area contributed by atoms with Crippen LogP contribution in [0.4, 0.5) is 0 Å². The summed E-state index contributed by atoms with van der Waals surface area (Å²) in [4.78, 5) is 11.6. The summed E-state index contributed by atoms with van der Waals surface area (Å²) in [6, 6.07) is 3.73. The number of hydrogen-bond donors (Lipinski definition) is 3. The molecule has 0 aliphatic heterocycles. The van der Waals surface area contributed by atoms with E-state index in [0.717, 1.165) is 0 Å². The number of rotatable bonds is 4. The summed E-state index contributed by atoms with van der Waals surface area (Å²) in [5.41, 5.74) is 0.282. The van der Waals surface area contributed by atoms with Crippen molar-refractivity contribution in [3.63, 3.8) is 0 Å². The minimum absolute atomic E-state index is 0.282. The highest BCUT2D eigenvalue weighted by Crippen LogP contribution is 2.18. The van der Waals surface area contributed by atoms with Crippen molar-refractivity contribution in [1.82, 2.24) is 5.32 Å². The lowest BCUT2D eigenvalue weighted by Gasteiger charge is -2.13. The molecule has 0 aromatic heterocycles. The Bertz CT molecular complexity index is 360. The molecule has 0 aliphatic carbocycles. The van der Waals surface area contributed by atoms with E-state index in [1.807, 2.05) is 0 Å². The smallest absolute Gasteiger partial charge is 0.251 e. The predicted molar refractivity (Wildman–Crippen MR) is 61.9 cm³/mol. The van der Waals surface area contributed by atoms with Gasteiger partial charge in [-0.25, -0.2) is 0 Å². The maximum atomic E-state index is 11.6. The molecule has 1 rings (SSSR count). The average Bonchev–Trinajstić information content (AvgIpc) is 2.24. The highest BCUT2D eigenvalue weighted by Gasteiger charge is 2.12. The molecule has 4 nitrogen and oxygen atoms in total. The number of aliphatic hydroxyl groups excluding tert-OH is 2. The van der Waals surface area contributed by atoms with Crippen LogP contribution in [0.2, 0.25) is 10.0 Å². The van der Waals surface area contributed by atoms with Gasteiger partial charge in [-0.3, -0.25) is 4.79 Å². The van der Waals surface area contributed by atoms with Gasteiger partial charge in [-0.05, 0) is 18.2 Å². The standard InChI is InChI=1S/C10H11Cl2NO3/c11-7-1-6(2-8(12)3-7)10(16)13-9(4-14)5-15/h1-3,9,14-15H,4-5H2,(H,13,16). The van der Waals surface area contributed by atoms with Crippen molar-refractivity contribution in [2.24, 2.45) is 0 Å². The van der Waals surface area contributed by atoms with Gasteiger partial charge >= 0.3 is 0 Å². The summed E-state index contributed by atoms with van der Waals surface area (Å²) in [7, 11) is 0. The third-order valence-corrected chi connectivity index (χ3v) is 2.34. The monoisotopic (exact) mass is 263 g/mol. The van der Waals surface area contributed by atoms with Crippen molar-refractivity contribution in [2.75, 3.05) is 13.2 Å². The van der Waals surface area contributed by atoms with Gasteiger partial charge in [-0.2, -0.15) is 0 Å². The topological polar surface area (TPSA) is 69.6 Å². The van der Waals surface area contributed by atoms with Crippen LogP contribution in [0.15, 0.2) is 18.2 Å². The summed E-state index contributed by atoms with van der Waals surface area (Å²) in [5.74, 6) is -0.447. The lowest BCUT2D eigenvalue weighted by atomic mass is 10.2. The lowest BCUT2D eigenvalue weighted by Crippen LogP contribution is -2.40. The van der Waals surface area contributed by atoms with Crippen molar-refractivity contribution in [2.45, 2.75) is 6.04 Å². The van der Waals surface area contributed by atoms with Crippen molar-refractivity contribution in [3.8, 4) is 0 Å². The second kappa shape index (κ2) is 6.06. The molecule has 0 atom stereocenters. The number of benzene rings is 1. The van der Waals surface area contributed by atoms with Crippen LogP contribution in [0.3, 0.4) is 0 Å². The summed E-state index contributed by atoms with van der Waals surface area (Å²) in [5, 5.41) is 20.7. The number of aliphatic hydroxyl groups is 2. The SMILES string of the molecule is O=C(NC(CO)CO)c1cc(Cl)cc(Cl)c1. The van der Waals surface area contributed by atoms with Gasteiger partial charge in [0.05, 0.1) is 19.3 Å². The van der Waals surface area contributed by atoms with E-state index in [4.69, 9.17) is 33.4 Å². The molecule has 88 valence electrons. The molecule has 1 amide bonds. The molecule has 3 N–H and O–H groups in total. The molecule has 16 heavy (non-hydrogen) atoms. The van der Waals surface area contributed by atoms with Gasteiger partial charge in [0.2, 0.25) is 0 Å². The third kappa shape index (κ3) is 3.64. The van der Waals surface area contributed by atoms with E-state index in [1.54, 1.807) is 0 Å². The quantitative estimate of drug-likeness (QED) is 0.762. The van der Waals surface area contributed by atoms with Crippen LogP contribution >= 0.6 is 23.2 Å². The van der Waals surface area contributed by atoms with E-state index >= 15 is 0 Å². The van der Waals surface area contributed by atoms with Gasteiger partial charge in [0, 0.05) is 15.6 Å². The fraction of sp³-hybridized carbons (Fsp3) is 0.300. The van der Waals surface area contributed by atoms with E-state index in [1.165, 1.54) is 18.2 Å². The molecular formula is C10H11Cl2NO3. The first-order valence-electron chi connectivity index (χ1n) is 4.55. The van der Waals surface area contributed by atoms with Gasteiger partial charge in [-0.15, -0.1) is 0 Å². The summed E-state index contributed by atoms with van der Waals surface area (Å²) < 4.78 is 0. The zero-order chi connectivity index (χ0) is 12.1. The third-order valence-electron chi connectivity index (χ3n) is 1.90. The van der Waals surface area contributed by atoms with Gasteiger partial charge in [-0.1, -0.05) is 23.2 Å². The summed E-state index contributed by atoms with van der Waals surface area (Å²) in [6.45, 7) is -0.674. The highest BCUT2D eigenvalue weighted by atomic mass is 35.5. The molecule has 0 spiro atoms. The average molecular weight is 264 g/mol. The molecule has 1 aromatic carbocycles. The fourth-order valence-electron chi connectivity index (χ4n) is 1.10. The van der Waals surface area contributed by atoms with Crippen LogP contribution in [-0.2, 0) is 0 Å². The van der Waals surface area contributed by atoms with Crippen LogP contribution in [0.25, 0.3) is 0 Å². The van der Waals surface area contributed by atoms with Gasteiger partial charge in [0.15, 0.2) is 0 Å². The van der Waals surface area contributed by atoms with Gasteiger partial charge in [0.1, 0.15) is 0 Å². The lowest BCUT2D eigenvalue weighted by molar-refractivity contribution is 0.0879. The molecule has 1 aromatic rings. The molecular weight excluding hydrogens is 253 g/mol. The zero-order valence-corrected chi connectivity index (χ0v) is 9.79. The Labute approximate surface area is 103 Å². The maximum absolute atomic E-state index is 11.6. The highest BCUT2D eigenvalue weighted by molar-refractivity contribution is 6.35. The Balaban J connectivity index is 2.80. The summed E-state index contributed by atoms with van der Waals surface area (Å²) in [6.07, 6.45) is 0. The molecule has 0 radical (unpaired) electrons. The Morgan fingerprint density at radius 3 is 2.12 bits per heavy atom. The molecule has 0 bridgehead atoms. The first-order valence-corrected chi connectivity index (χ1v) is 5.31. The Kier molecular flexibility index (Phi) is 5.02. The number of halogens is 2. The van der Waals surface area contributed by atoms with Crippen LogP contribution in [-0.4, -0.2) is 35.4 Å². The van der Waals surface area contributed by atoms with E-state index in [2.05, 4.69) is 5.32 Å². The van der Waals surface area contributed by atoms with E-state index < -0.39 is 11.9 Å². The van der Waals surface area contributed by atoms with Gasteiger partial charge < -0.3 is 15.5 Å². The molecule has 0 aliphatic rings. The van der Waals surface area contributed by atoms with Crippen LogP contribution < -0.4 is 5.32 Å². The minimum Gasteiger partial charge on any atom is -0.394 e. The minimum atomic E-state index is -0.690. The maximum Gasteiger partial charge on any atom is 0.251 e. The van der Waals surface area contributed by atoms with Crippen LogP contribution in [0, 0.1) is 0 Å². The predicted octanol–water partition coefficient (Wildman–Crippen LogP) is 1.08. The van der Waals surface area contributed by atoms with Crippen molar-refractivity contribution in [3.05, 3.63) is 33.8 Å². The second-order valence-corrected chi connectivity index (χ2v) is 4.07. The zero-order valence-electron chi connectivity index (χ0n) is 8.28. The van der Waals surface area contributed by atoms with Crippen LogP contribution in [0.5, 0.6) is 0 Å². The van der Waals surface area contributed by atoms with Crippen molar-refractivity contribution in [1.29, 1.82) is 0 Å². The molecule has 0 saturated carbocycles. The van der Waals surface area contributed by atoms with Gasteiger partial charge in [0.25, 0.3) is 5.91 Å². The fourth-order valence-corrected chi connectivity index (χ4v) is 1.63. The molecule has 6 heteroatoms. The Hall–Kier alpha value is -0.810. The molecule has 0 heterocycles. The van der Waals surface area contributed by atoms with Crippen LogP contribution in [0.1, 0.15) is 10.4 Å².